The Balaban J connectivity index is 1.88. The standard InChI is InChI=1S/C22H24F4N2O4S/c23-18-8-4-3-7-16(18)13-21(29)27-19-14-17(9-10-20(19)32-15-22(24,25)26)33(30,31)28-11-5-1-2-6-12-28/h3-4,7-10,14H,1-2,5-6,11-13,15H2,(H,27,29). The molecule has 1 amide bonds. The second-order valence-corrected chi connectivity index (χ2v) is 9.63. The number of hydrogen-bond acceptors (Lipinski definition) is 4. The molecule has 1 N–H and O–H groups in total. The van der Waals surface area contributed by atoms with Crippen LogP contribution < -0.4 is 10.1 Å². The van der Waals surface area contributed by atoms with Gasteiger partial charge in [-0.2, -0.15) is 17.5 Å². The molecule has 180 valence electrons. The van der Waals surface area contributed by atoms with E-state index in [0.717, 1.165) is 31.0 Å². The van der Waals surface area contributed by atoms with Gasteiger partial charge in [0, 0.05) is 13.1 Å². The minimum Gasteiger partial charge on any atom is -0.482 e. The van der Waals surface area contributed by atoms with Crippen LogP contribution in [0.15, 0.2) is 47.4 Å². The van der Waals surface area contributed by atoms with Gasteiger partial charge in [0.25, 0.3) is 0 Å². The molecule has 0 aliphatic carbocycles. The van der Waals surface area contributed by atoms with Crippen LogP contribution in [0.4, 0.5) is 23.2 Å². The Kier molecular flexibility index (Phi) is 7.96. The highest BCUT2D eigenvalue weighted by atomic mass is 32.2. The van der Waals surface area contributed by atoms with Crippen molar-refractivity contribution >= 4 is 21.6 Å². The molecule has 0 unspecified atom stereocenters. The lowest BCUT2D eigenvalue weighted by atomic mass is 10.1. The van der Waals surface area contributed by atoms with Crippen LogP contribution in [-0.2, 0) is 21.2 Å². The van der Waals surface area contributed by atoms with Crippen molar-refractivity contribution in [3.05, 3.63) is 53.8 Å². The Morgan fingerprint density at radius 3 is 2.33 bits per heavy atom. The summed E-state index contributed by atoms with van der Waals surface area (Å²) in [6, 6.07) is 8.87. The van der Waals surface area contributed by atoms with E-state index < -0.39 is 41.0 Å². The molecule has 33 heavy (non-hydrogen) atoms. The largest absolute Gasteiger partial charge is 0.482 e. The predicted molar refractivity (Wildman–Crippen MR) is 114 cm³/mol. The van der Waals surface area contributed by atoms with E-state index in [2.05, 4.69) is 5.32 Å². The number of nitrogens with one attached hydrogen (secondary N) is 1. The van der Waals surface area contributed by atoms with Gasteiger partial charge >= 0.3 is 6.18 Å². The summed E-state index contributed by atoms with van der Waals surface area (Å²) in [6.45, 7) is -0.950. The SMILES string of the molecule is O=C(Cc1ccccc1F)Nc1cc(S(=O)(=O)N2CCCCCC2)ccc1OCC(F)(F)F. The number of halogens is 4. The van der Waals surface area contributed by atoms with Gasteiger partial charge in [0.15, 0.2) is 6.61 Å². The summed E-state index contributed by atoms with van der Waals surface area (Å²) in [5.74, 6) is -1.69. The first kappa shape index (κ1) is 25.0. The molecule has 1 heterocycles. The van der Waals surface area contributed by atoms with Crippen molar-refractivity contribution in [2.24, 2.45) is 0 Å². The van der Waals surface area contributed by atoms with Crippen molar-refractivity contribution in [3.8, 4) is 5.75 Å². The van der Waals surface area contributed by atoms with E-state index in [1.165, 1.54) is 28.6 Å². The topological polar surface area (TPSA) is 75.7 Å². The summed E-state index contributed by atoms with van der Waals surface area (Å²) in [5.41, 5.74) is -0.155. The number of carbonyl (C=O) groups is 1. The predicted octanol–water partition coefficient (Wildman–Crippen LogP) is 4.51. The van der Waals surface area contributed by atoms with Gasteiger partial charge < -0.3 is 10.1 Å². The highest BCUT2D eigenvalue weighted by molar-refractivity contribution is 7.89. The normalized spacial score (nSPS) is 15.6. The minimum atomic E-state index is -4.63. The lowest BCUT2D eigenvalue weighted by molar-refractivity contribution is -0.153. The first-order chi connectivity index (χ1) is 15.6. The average molecular weight is 489 g/mol. The first-order valence-corrected chi connectivity index (χ1v) is 11.9. The van der Waals surface area contributed by atoms with Crippen molar-refractivity contribution in [1.82, 2.24) is 4.31 Å². The fraction of sp³-hybridized carbons (Fsp3) is 0.409. The summed E-state index contributed by atoms with van der Waals surface area (Å²) in [6.07, 6.45) is -1.79. The molecule has 0 radical (unpaired) electrons. The molecule has 1 fully saturated rings. The fourth-order valence-corrected chi connectivity index (χ4v) is 5.04. The average Bonchev–Trinajstić information content (AvgIpc) is 3.04. The molecule has 2 aromatic rings. The fourth-order valence-electron chi connectivity index (χ4n) is 3.49. The van der Waals surface area contributed by atoms with Gasteiger partial charge in [-0.3, -0.25) is 4.79 Å². The minimum absolute atomic E-state index is 0.0844. The summed E-state index contributed by atoms with van der Waals surface area (Å²) in [5, 5.41) is 2.37. The van der Waals surface area contributed by atoms with Crippen molar-refractivity contribution in [1.29, 1.82) is 0 Å². The van der Waals surface area contributed by atoms with E-state index in [0.29, 0.717) is 25.9 Å². The molecule has 6 nitrogen and oxygen atoms in total. The second-order valence-electron chi connectivity index (χ2n) is 7.70. The molecule has 1 aliphatic heterocycles. The number of amides is 1. The quantitative estimate of drug-likeness (QED) is 0.582. The molecule has 0 bridgehead atoms. The summed E-state index contributed by atoms with van der Waals surface area (Å²) < 4.78 is 84.1. The van der Waals surface area contributed by atoms with Gasteiger partial charge in [0.1, 0.15) is 11.6 Å². The monoisotopic (exact) mass is 488 g/mol. The number of hydrogen-bond donors (Lipinski definition) is 1. The summed E-state index contributed by atoms with van der Waals surface area (Å²) in [7, 11) is -3.93. The molecule has 0 aromatic heterocycles. The highest BCUT2D eigenvalue weighted by Gasteiger charge is 2.30. The van der Waals surface area contributed by atoms with E-state index in [1.54, 1.807) is 0 Å². The van der Waals surface area contributed by atoms with Gasteiger partial charge in [0.05, 0.1) is 17.0 Å². The molecule has 0 saturated carbocycles. The van der Waals surface area contributed by atoms with Crippen LogP contribution in [-0.4, -0.2) is 44.5 Å². The maximum atomic E-state index is 13.9. The number of anilines is 1. The Morgan fingerprint density at radius 1 is 1.03 bits per heavy atom. The maximum absolute atomic E-state index is 13.9. The van der Waals surface area contributed by atoms with E-state index in [4.69, 9.17) is 4.74 Å². The molecular weight excluding hydrogens is 464 g/mol. The third-order valence-corrected chi connectivity index (χ3v) is 7.02. The van der Waals surface area contributed by atoms with E-state index in [9.17, 15) is 30.8 Å². The van der Waals surface area contributed by atoms with E-state index in [1.807, 2.05) is 0 Å². The van der Waals surface area contributed by atoms with Crippen molar-refractivity contribution < 1.29 is 35.5 Å². The van der Waals surface area contributed by atoms with E-state index >= 15 is 0 Å². The molecule has 11 heteroatoms. The lowest BCUT2D eigenvalue weighted by Gasteiger charge is -2.21. The number of nitrogens with zero attached hydrogens (tertiary/aromatic N) is 1. The number of carbonyl (C=O) groups excluding carboxylic acids is 1. The van der Waals surface area contributed by atoms with Gasteiger partial charge in [-0.05, 0) is 42.7 Å². The Hall–Kier alpha value is -2.66. The zero-order valence-corrected chi connectivity index (χ0v) is 18.5. The zero-order valence-electron chi connectivity index (χ0n) is 17.7. The summed E-state index contributed by atoms with van der Waals surface area (Å²) >= 11 is 0. The molecular formula is C22H24F4N2O4S. The second kappa shape index (κ2) is 10.5. The van der Waals surface area contributed by atoms with Crippen molar-refractivity contribution in [3.63, 3.8) is 0 Å². The van der Waals surface area contributed by atoms with Crippen molar-refractivity contribution in [2.45, 2.75) is 43.2 Å². The molecule has 1 aliphatic rings. The van der Waals surface area contributed by atoms with E-state index in [-0.39, 0.29) is 21.9 Å². The van der Waals surface area contributed by atoms with Gasteiger partial charge in [-0.25, -0.2) is 12.8 Å². The zero-order chi connectivity index (χ0) is 24.1. The van der Waals surface area contributed by atoms with Crippen LogP contribution in [0.1, 0.15) is 31.2 Å². The van der Waals surface area contributed by atoms with Crippen LogP contribution in [0.5, 0.6) is 5.75 Å². The molecule has 2 aromatic carbocycles. The first-order valence-electron chi connectivity index (χ1n) is 10.4. The van der Waals surface area contributed by atoms with Crippen LogP contribution in [0, 0.1) is 5.82 Å². The number of alkyl halides is 3. The van der Waals surface area contributed by atoms with Crippen molar-refractivity contribution in [2.75, 3.05) is 25.0 Å². The van der Waals surface area contributed by atoms with Crippen LogP contribution in [0.3, 0.4) is 0 Å². The lowest BCUT2D eigenvalue weighted by Crippen LogP contribution is -2.32. The molecule has 0 spiro atoms. The highest BCUT2D eigenvalue weighted by Crippen LogP contribution is 2.31. The number of rotatable bonds is 7. The summed E-state index contributed by atoms with van der Waals surface area (Å²) in [4.78, 5) is 12.3. The van der Waals surface area contributed by atoms with Gasteiger partial charge in [-0.1, -0.05) is 31.0 Å². The Bertz CT molecular complexity index is 1080. The third kappa shape index (κ3) is 6.91. The number of benzene rings is 2. The third-order valence-electron chi connectivity index (χ3n) is 5.13. The van der Waals surface area contributed by atoms with Crippen LogP contribution in [0.25, 0.3) is 0 Å². The molecule has 0 atom stereocenters. The molecule has 3 rings (SSSR count). The maximum Gasteiger partial charge on any atom is 0.422 e. The van der Waals surface area contributed by atoms with Gasteiger partial charge in [0.2, 0.25) is 15.9 Å². The van der Waals surface area contributed by atoms with Gasteiger partial charge in [-0.15, -0.1) is 0 Å². The number of sulfonamides is 1. The van der Waals surface area contributed by atoms with Crippen LogP contribution >= 0.6 is 0 Å². The molecule has 1 saturated heterocycles. The van der Waals surface area contributed by atoms with Crippen LogP contribution in [0.2, 0.25) is 0 Å². The number of ether oxygens (including phenoxy) is 1. The Morgan fingerprint density at radius 2 is 1.70 bits per heavy atom. The smallest absolute Gasteiger partial charge is 0.422 e. The Labute approximate surface area is 189 Å².